The lowest BCUT2D eigenvalue weighted by atomic mass is 10.5. The molecule has 0 saturated heterocycles. The van der Waals surface area contributed by atoms with Gasteiger partial charge in [0, 0.05) is 10.9 Å². The van der Waals surface area contributed by atoms with Crippen molar-refractivity contribution in [2.45, 2.75) is 4.90 Å². The first-order valence-corrected chi connectivity index (χ1v) is 5.27. The zero-order valence-corrected chi connectivity index (χ0v) is 11.4. The molecule has 0 aliphatic carbocycles. The van der Waals surface area contributed by atoms with Gasteiger partial charge in [0.15, 0.2) is 17.3 Å². The number of aryl methyl sites for hydroxylation is 1. The molecule has 0 N–H and O–H groups in total. The number of hydrogen-bond donors (Lipinski definition) is 0. The van der Waals surface area contributed by atoms with Gasteiger partial charge in [0.2, 0.25) is 0 Å². The van der Waals surface area contributed by atoms with Crippen LogP contribution in [0.15, 0.2) is 29.4 Å². The zero-order valence-electron chi connectivity index (χ0n) is 7.42. The number of nitrogens with zero attached hydrogens (tertiary/aromatic N) is 1. The van der Waals surface area contributed by atoms with E-state index in [0.29, 0.717) is 10.9 Å². The number of halogens is 2. The van der Waals surface area contributed by atoms with Crippen LogP contribution in [0.1, 0.15) is 0 Å². The molecule has 0 spiro atoms. The maximum absolute atomic E-state index is 2.23. The third-order valence-corrected chi connectivity index (χ3v) is 2.63. The molecule has 0 radical (unpaired) electrons. The van der Waals surface area contributed by atoms with Crippen molar-refractivity contribution in [3.05, 3.63) is 24.5 Å². The van der Waals surface area contributed by atoms with Gasteiger partial charge in [0.25, 0.3) is 0 Å². The predicted molar refractivity (Wildman–Crippen MR) is 45.1 cm³/mol. The lowest BCUT2D eigenvalue weighted by Crippen LogP contribution is -3.00. The smallest absolute Gasteiger partial charge is 0.173 e. The molecule has 0 aliphatic heterocycles. The van der Waals surface area contributed by atoms with E-state index in [1.165, 1.54) is 4.90 Å². The van der Waals surface area contributed by atoms with Crippen LogP contribution in [0.3, 0.4) is 0 Å². The summed E-state index contributed by atoms with van der Waals surface area (Å²) in [5.74, 6) is 0. The number of rotatable bonds is 1. The Morgan fingerprint density at radius 3 is 1.83 bits per heavy atom. The van der Waals surface area contributed by atoms with Crippen molar-refractivity contribution in [2.75, 3.05) is 12.5 Å². The van der Waals surface area contributed by atoms with Gasteiger partial charge in [0.1, 0.15) is 19.6 Å². The van der Waals surface area contributed by atoms with Gasteiger partial charge in [-0.05, 0) is 0 Å². The molecule has 0 bridgehead atoms. The molecule has 1 heterocycles. The second-order valence-corrected chi connectivity index (χ2v) is 4.62. The summed E-state index contributed by atoms with van der Waals surface area (Å²) in [4.78, 5) is 1.43. The molecule has 1 aromatic heterocycles. The van der Waals surface area contributed by atoms with Crippen molar-refractivity contribution in [3.8, 4) is 0 Å². The second kappa shape index (κ2) is 6.92. The van der Waals surface area contributed by atoms with Gasteiger partial charge in [-0.1, -0.05) is 0 Å². The zero-order chi connectivity index (χ0) is 7.56. The van der Waals surface area contributed by atoms with Crippen molar-refractivity contribution in [1.82, 2.24) is 0 Å². The maximum atomic E-state index is 2.23. The van der Waals surface area contributed by atoms with Gasteiger partial charge in [-0.15, -0.1) is 0 Å². The molecular weight excluding hydrogens is 302 g/mol. The molecule has 0 atom stereocenters. The highest BCUT2D eigenvalue weighted by Crippen LogP contribution is 2.03. The Bertz CT molecular complexity index is 211. The van der Waals surface area contributed by atoms with Crippen LogP contribution in [0.4, 0.5) is 0 Å². The van der Waals surface area contributed by atoms with Crippen LogP contribution < -0.4 is 38.5 Å². The van der Waals surface area contributed by atoms with E-state index in [9.17, 15) is 0 Å². The highest BCUT2D eigenvalue weighted by Gasteiger charge is 2.07. The third kappa shape index (κ3) is 4.48. The van der Waals surface area contributed by atoms with Gasteiger partial charge < -0.3 is 34.0 Å². The van der Waals surface area contributed by atoms with Crippen LogP contribution in [-0.4, -0.2) is 12.5 Å². The van der Waals surface area contributed by atoms with Crippen LogP contribution in [0.5, 0.6) is 0 Å². The summed E-state index contributed by atoms with van der Waals surface area (Å²) in [6.07, 6.45) is 8.63. The maximum Gasteiger partial charge on any atom is 0.173 e. The van der Waals surface area contributed by atoms with Gasteiger partial charge in [0.05, 0.1) is 12.1 Å². The normalized spacial score (nSPS) is 8.67. The lowest BCUT2D eigenvalue weighted by Gasteiger charge is -1.91. The molecule has 1 nitrogen and oxygen atoms in total. The van der Waals surface area contributed by atoms with Crippen LogP contribution in [0.2, 0.25) is 0 Å². The van der Waals surface area contributed by atoms with Crippen LogP contribution in [0.25, 0.3) is 0 Å². The standard InChI is InChI=1S/C8H13NS.2BrH/c1-9-6-4-8(5-7-9)10(2)3;;/h4-7H,1-3H3;2*1H/q+2;;/p-2. The first kappa shape index (κ1) is 15.0. The minimum atomic E-state index is 0. The Kier molecular flexibility index (Phi) is 8.63. The summed E-state index contributed by atoms with van der Waals surface area (Å²) in [5, 5.41) is 0. The largest absolute Gasteiger partial charge is 1.00 e. The predicted octanol–water partition coefficient (Wildman–Crippen LogP) is -5.24. The van der Waals surface area contributed by atoms with Crippen molar-refractivity contribution >= 4 is 10.9 Å². The topological polar surface area (TPSA) is 3.88 Å². The Hall–Kier alpha value is 0.460. The van der Waals surface area contributed by atoms with E-state index in [1.54, 1.807) is 0 Å². The minimum absolute atomic E-state index is 0. The molecule has 1 aromatic rings. The molecule has 0 aromatic carbocycles. The third-order valence-electron chi connectivity index (χ3n) is 1.42. The Labute approximate surface area is 98.1 Å². The molecular formula is C8H13Br2NS. The van der Waals surface area contributed by atoms with E-state index in [4.69, 9.17) is 0 Å². The Balaban J connectivity index is 0. The van der Waals surface area contributed by atoms with Gasteiger partial charge in [-0.3, -0.25) is 0 Å². The summed E-state index contributed by atoms with van der Waals surface area (Å²) in [6.45, 7) is 0. The van der Waals surface area contributed by atoms with Gasteiger partial charge >= 0.3 is 0 Å². The molecule has 4 heteroatoms. The monoisotopic (exact) mass is 313 g/mol. The highest BCUT2D eigenvalue weighted by molar-refractivity contribution is 7.95. The highest BCUT2D eigenvalue weighted by atomic mass is 79.9. The van der Waals surface area contributed by atoms with E-state index in [1.807, 2.05) is 7.05 Å². The molecule has 12 heavy (non-hydrogen) atoms. The fourth-order valence-electron chi connectivity index (χ4n) is 0.759. The molecule has 0 saturated carbocycles. The lowest BCUT2D eigenvalue weighted by molar-refractivity contribution is -0.671. The quantitative estimate of drug-likeness (QED) is 0.360. The summed E-state index contributed by atoms with van der Waals surface area (Å²) in [5.41, 5.74) is 0. The van der Waals surface area contributed by atoms with Gasteiger partial charge in [-0.2, -0.15) is 0 Å². The fraction of sp³-hybridized carbons (Fsp3) is 0.375. The molecule has 0 amide bonds. The van der Waals surface area contributed by atoms with E-state index >= 15 is 0 Å². The van der Waals surface area contributed by atoms with Crippen molar-refractivity contribution in [2.24, 2.45) is 7.05 Å². The first-order valence-electron chi connectivity index (χ1n) is 3.23. The first-order chi connectivity index (χ1) is 4.70. The van der Waals surface area contributed by atoms with Crippen LogP contribution >= 0.6 is 0 Å². The van der Waals surface area contributed by atoms with Crippen LogP contribution in [-0.2, 0) is 17.9 Å². The Morgan fingerprint density at radius 2 is 1.50 bits per heavy atom. The molecule has 70 valence electrons. The van der Waals surface area contributed by atoms with Crippen molar-refractivity contribution in [1.29, 1.82) is 0 Å². The minimum Gasteiger partial charge on any atom is -1.00 e. The number of hydrogen-bond acceptors (Lipinski definition) is 0. The average Bonchev–Trinajstić information content (AvgIpc) is 1.88. The molecule has 0 unspecified atom stereocenters. The summed E-state index contributed by atoms with van der Waals surface area (Å²) < 4.78 is 2.05. The number of aromatic nitrogens is 1. The van der Waals surface area contributed by atoms with E-state index < -0.39 is 0 Å². The van der Waals surface area contributed by atoms with Crippen molar-refractivity contribution < 1.29 is 38.5 Å². The fourth-order valence-corrected chi connectivity index (χ4v) is 1.43. The average molecular weight is 315 g/mol. The van der Waals surface area contributed by atoms with Crippen LogP contribution in [0, 0.1) is 0 Å². The van der Waals surface area contributed by atoms with E-state index in [-0.39, 0.29) is 34.0 Å². The summed E-state index contributed by atoms with van der Waals surface area (Å²) in [7, 11) is 2.43. The SMILES string of the molecule is C[n+]1ccc([S+](C)C)cc1.[Br-].[Br-]. The van der Waals surface area contributed by atoms with E-state index in [0.717, 1.165) is 0 Å². The van der Waals surface area contributed by atoms with Gasteiger partial charge in [-0.25, -0.2) is 4.57 Å². The summed E-state index contributed by atoms with van der Waals surface area (Å²) in [6, 6.07) is 4.34. The van der Waals surface area contributed by atoms with E-state index in [2.05, 4.69) is 41.6 Å². The molecule has 1 rings (SSSR count). The number of pyridine rings is 1. The van der Waals surface area contributed by atoms with Crippen molar-refractivity contribution in [3.63, 3.8) is 0 Å². The summed E-state index contributed by atoms with van der Waals surface area (Å²) >= 11 is 0. The second-order valence-electron chi connectivity index (χ2n) is 2.52. The molecule has 0 fully saturated rings. The Morgan fingerprint density at radius 1 is 1.08 bits per heavy atom. The molecule has 0 aliphatic rings.